The molecule has 6 heteroatoms. The highest BCUT2D eigenvalue weighted by Gasteiger charge is 2.10. The van der Waals surface area contributed by atoms with E-state index < -0.39 is 0 Å². The second-order valence-electron chi connectivity index (χ2n) is 6.19. The summed E-state index contributed by atoms with van der Waals surface area (Å²) in [5, 5.41) is 11.6. The van der Waals surface area contributed by atoms with Crippen molar-refractivity contribution < 1.29 is 4.79 Å². The number of carbonyl (C=O) groups excluding carboxylic acids is 1. The van der Waals surface area contributed by atoms with Crippen molar-refractivity contribution in [3.63, 3.8) is 0 Å². The molecule has 0 saturated carbocycles. The number of amides is 1. The number of anilines is 1. The van der Waals surface area contributed by atoms with Crippen molar-refractivity contribution in [1.29, 1.82) is 0 Å². The van der Waals surface area contributed by atoms with Crippen LogP contribution in [0.5, 0.6) is 0 Å². The predicted octanol–water partition coefficient (Wildman–Crippen LogP) is 3.28. The Balaban J connectivity index is 1.55. The smallest absolute Gasteiger partial charge is 0.230 e. The number of hydrogen-bond acceptors (Lipinski definition) is 3. The monoisotopic (exact) mass is 337 g/mol. The van der Waals surface area contributed by atoms with Crippen LogP contribution in [0.2, 0.25) is 0 Å². The van der Waals surface area contributed by atoms with Crippen molar-refractivity contribution in [1.82, 2.24) is 19.6 Å². The van der Waals surface area contributed by atoms with E-state index in [2.05, 4.69) is 41.5 Å². The lowest BCUT2D eigenvalue weighted by molar-refractivity contribution is -0.115. The molecule has 1 N–H and O–H groups in total. The van der Waals surface area contributed by atoms with Gasteiger partial charge in [0.1, 0.15) is 0 Å². The van der Waals surface area contributed by atoms with Gasteiger partial charge < -0.3 is 5.32 Å². The van der Waals surface area contributed by atoms with Crippen LogP contribution in [0.25, 0.3) is 0 Å². The molecule has 0 fully saturated rings. The molecule has 1 atom stereocenters. The molecule has 0 spiro atoms. The average Bonchev–Trinajstić information content (AvgIpc) is 3.25. The summed E-state index contributed by atoms with van der Waals surface area (Å²) in [4.78, 5) is 12.2. The van der Waals surface area contributed by atoms with E-state index in [-0.39, 0.29) is 12.3 Å². The van der Waals surface area contributed by atoms with Crippen molar-refractivity contribution in [3.8, 4) is 0 Å². The fourth-order valence-corrected chi connectivity index (χ4v) is 2.56. The fourth-order valence-electron chi connectivity index (χ4n) is 2.56. The molecule has 0 aliphatic heterocycles. The molecule has 6 nitrogen and oxygen atoms in total. The molecule has 0 aliphatic carbocycles. The third kappa shape index (κ3) is 4.56. The minimum atomic E-state index is -0.0892. The molecule has 3 rings (SSSR count). The number of benzene rings is 1. The first-order valence-electron chi connectivity index (χ1n) is 8.54. The van der Waals surface area contributed by atoms with E-state index in [1.165, 1.54) is 5.56 Å². The Morgan fingerprint density at radius 2 is 2.00 bits per heavy atom. The Hall–Kier alpha value is -2.89. The summed E-state index contributed by atoms with van der Waals surface area (Å²) in [7, 11) is 0. The summed E-state index contributed by atoms with van der Waals surface area (Å²) < 4.78 is 3.71. The summed E-state index contributed by atoms with van der Waals surface area (Å²) in [6.45, 7) is 4.90. The lowest BCUT2D eigenvalue weighted by atomic mass is 10.2. The highest BCUT2D eigenvalue weighted by molar-refractivity contribution is 5.91. The topological polar surface area (TPSA) is 64.7 Å². The third-order valence-electron chi connectivity index (χ3n) is 4.16. The highest BCUT2D eigenvalue weighted by atomic mass is 16.1. The Kier molecular flexibility index (Phi) is 5.28. The second-order valence-corrected chi connectivity index (χ2v) is 6.19. The zero-order chi connectivity index (χ0) is 17.6. The number of hydrogen-bond donors (Lipinski definition) is 1. The van der Waals surface area contributed by atoms with Gasteiger partial charge in [-0.2, -0.15) is 10.2 Å². The van der Waals surface area contributed by atoms with E-state index in [1.807, 2.05) is 46.0 Å². The van der Waals surface area contributed by atoms with Gasteiger partial charge in [-0.3, -0.25) is 14.2 Å². The maximum Gasteiger partial charge on any atom is 0.230 e. The molecule has 0 radical (unpaired) electrons. The average molecular weight is 337 g/mol. The van der Waals surface area contributed by atoms with Gasteiger partial charge in [0, 0.05) is 24.5 Å². The van der Waals surface area contributed by atoms with Crippen LogP contribution in [-0.4, -0.2) is 25.5 Å². The van der Waals surface area contributed by atoms with Gasteiger partial charge in [0.2, 0.25) is 5.91 Å². The standard InChI is InChI=1S/C19H23N5O/c1-3-15(2)24-10-9-18(22-24)21-19(25)11-17-12-20-23(14-17)13-16-7-5-4-6-8-16/h4-10,12,14-15H,3,11,13H2,1-2H3,(H,21,22,25). The Labute approximate surface area is 147 Å². The fraction of sp³-hybridized carbons (Fsp3) is 0.316. The van der Waals surface area contributed by atoms with Gasteiger partial charge in [0.25, 0.3) is 0 Å². The maximum absolute atomic E-state index is 12.2. The predicted molar refractivity (Wildman–Crippen MR) is 97.3 cm³/mol. The first-order valence-corrected chi connectivity index (χ1v) is 8.54. The normalized spacial score (nSPS) is 12.1. The molecule has 3 aromatic rings. The summed E-state index contributed by atoms with van der Waals surface area (Å²) >= 11 is 0. The van der Waals surface area contributed by atoms with Crippen molar-refractivity contribution in [2.45, 2.75) is 39.3 Å². The summed E-state index contributed by atoms with van der Waals surface area (Å²) in [5.74, 6) is 0.496. The first kappa shape index (κ1) is 17.0. The summed E-state index contributed by atoms with van der Waals surface area (Å²) in [6, 6.07) is 12.3. The van der Waals surface area contributed by atoms with Crippen LogP contribution in [0, 0.1) is 0 Å². The van der Waals surface area contributed by atoms with Gasteiger partial charge in [0.15, 0.2) is 5.82 Å². The highest BCUT2D eigenvalue weighted by Crippen LogP contribution is 2.12. The first-order chi connectivity index (χ1) is 12.1. The Morgan fingerprint density at radius 3 is 2.76 bits per heavy atom. The minimum Gasteiger partial charge on any atom is -0.309 e. The lowest BCUT2D eigenvalue weighted by Gasteiger charge is -2.08. The number of nitrogens with zero attached hydrogens (tertiary/aromatic N) is 4. The molecule has 1 aromatic carbocycles. The minimum absolute atomic E-state index is 0.0892. The molecular weight excluding hydrogens is 314 g/mol. The van der Waals surface area contributed by atoms with E-state index in [4.69, 9.17) is 0 Å². The van der Waals surface area contributed by atoms with Gasteiger partial charge in [-0.05, 0) is 24.5 Å². The number of rotatable bonds is 7. The van der Waals surface area contributed by atoms with E-state index >= 15 is 0 Å². The van der Waals surface area contributed by atoms with Crippen LogP contribution in [0.3, 0.4) is 0 Å². The molecule has 2 heterocycles. The molecule has 1 amide bonds. The third-order valence-corrected chi connectivity index (χ3v) is 4.16. The largest absolute Gasteiger partial charge is 0.309 e. The van der Waals surface area contributed by atoms with Crippen molar-refractivity contribution >= 4 is 11.7 Å². The second kappa shape index (κ2) is 7.79. The van der Waals surface area contributed by atoms with Gasteiger partial charge in [-0.1, -0.05) is 37.3 Å². The Morgan fingerprint density at radius 1 is 1.20 bits per heavy atom. The molecule has 0 bridgehead atoms. The summed E-state index contributed by atoms with van der Waals surface area (Å²) in [5.41, 5.74) is 2.06. The molecular formula is C19H23N5O. The maximum atomic E-state index is 12.2. The zero-order valence-corrected chi connectivity index (χ0v) is 14.6. The molecule has 1 unspecified atom stereocenters. The quantitative estimate of drug-likeness (QED) is 0.719. The van der Waals surface area contributed by atoms with Crippen molar-refractivity contribution in [3.05, 3.63) is 66.1 Å². The van der Waals surface area contributed by atoms with Crippen LogP contribution in [0.15, 0.2) is 55.0 Å². The van der Waals surface area contributed by atoms with Gasteiger partial charge in [-0.25, -0.2) is 0 Å². The van der Waals surface area contributed by atoms with Crippen LogP contribution in [-0.2, 0) is 17.8 Å². The SMILES string of the molecule is CCC(C)n1ccc(NC(=O)Cc2cnn(Cc3ccccc3)c2)n1. The van der Waals surface area contributed by atoms with E-state index in [1.54, 1.807) is 6.20 Å². The number of carbonyl (C=O) groups is 1. The number of aromatic nitrogens is 4. The van der Waals surface area contributed by atoms with Crippen molar-refractivity contribution in [2.75, 3.05) is 5.32 Å². The van der Waals surface area contributed by atoms with Gasteiger partial charge >= 0.3 is 0 Å². The van der Waals surface area contributed by atoms with E-state index in [0.29, 0.717) is 18.4 Å². The lowest BCUT2D eigenvalue weighted by Crippen LogP contribution is -2.15. The van der Waals surface area contributed by atoms with Crippen LogP contribution in [0.4, 0.5) is 5.82 Å². The molecule has 0 saturated heterocycles. The molecule has 130 valence electrons. The van der Waals surface area contributed by atoms with Gasteiger partial charge in [-0.15, -0.1) is 0 Å². The van der Waals surface area contributed by atoms with Crippen LogP contribution in [0.1, 0.15) is 37.4 Å². The van der Waals surface area contributed by atoms with Crippen molar-refractivity contribution in [2.24, 2.45) is 0 Å². The number of nitrogens with one attached hydrogen (secondary N) is 1. The van der Waals surface area contributed by atoms with E-state index in [9.17, 15) is 4.79 Å². The molecule has 0 aliphatic rings. The van der Waals surface area contributed by atoms with Gasteiger partial charge in [0.05, 0.1) is 19.2 Å². The summed E-state index contributed by atoms with van der Waals surface area (Å²) in [6.07, 6.45) is 6.81. The zero-order valence-electron chi connectivity index (χ0n) is 14.6. The molecule has 2 aromatic heterocycles. The molecule has 25 heavy (non-hydrogen) atoms. The van der Waals surface area contributed by atoms with Crippen LogP contribution >= 0.6 is 0 Å². The van der Waals surface area contributed by atoms with Crippen LogP contribution < -0.4 is 5.32 Å². The Bertz CT molecular complexity index is 821. The van der Waals surface area contributed by atoms with E-state index in [0.717, 1.165) is 12.0 Å².